The van der Waals surface area contributed by atoms with E-state index in [4.69, 9.17) is 0 Å². The summed E-state index contributed by atoms with van der Waals surface area (Å²) in [4.78, 5) is 39.8. The molecule has 2 aromatic rings. The molecule has 1 spiro atoms. The Morgan fingerprint density at radius 2 is 1.48 bits per heavy atom. The number of amides is 2. The summed E-state index contributed by atoms with van der Waals surface area (Å²) in [7, 11) is 0. The maximum atomic E-state index is 13.6. The van der Waals surface area contributed by atoms with Gasteiger partial charge in [-0.3, -0.25) is 14.4 Å². The molecule has 3 fully saturated rings. The molecule has 2 aromatic carbocycles. The van der Waals surface area contributed by atoms with E-state index in [1.165, 1.54) is 5.56 Å². The van der Waals surface area contributed by atoms with Crippen LogP contribution >= 0.6 is 0 Å². The topological polar surface area (TPSA) is 66.5 Å². The number of rotatable bonds is 3. The lowest BCUT2D eigenvalue weighted by atomic mass is 9.60. The van der Waals surface area contributed by atoms with Crippen LogP contribution in [-0.2, 0) is 19.8 Å². The second-order valence-electron chi connectivity index (χ2n) is 9.44. The Hall–Kier alpha value is -2.95. The van der Waals surface area contributed by atoms with Gasteiger partial charge < -0.3 is 10.2 Å². The molecule has 0 unspecified atom stereocenters. The summed E-state index contributed by atoms with van der Waals surface area (Å²) in [5.74, 6) is 0.595. The summed E-state index contributed by atoms with van der Waals surface area (Å²) in [6, 6.07) is 20.1. The predicted molar refractivity (Wildman–Crippen MR) is 117 cm³/mol. The van der Waals surface area contributed by atoms with Crippen molar-refractivity contribution in [2.45, 2.75) is 43.4 Å². The van der Waals surface area contributed by atoms with Crippen molar-refractivity contribution in [3.8, 4) is 0 Å². The Balaban J connectivity index is 1.37. The second kappa shape index (κ2) is 7.63. The molecule has 0 aromatic heterocycles. The Kier molecular flexibility index (Phi) is 4.92. The van der Waals surface area contributed by atoms with Crippen LogP contribution in [-0.4, -0.2) is 42.1 Å². The van der Waals surface area contributed by atoms with Crippen LogP contribution in [0.4, 0.5) is 0 Å². The number of hydrogen-bond acceptors (Lipinski definition) is 3. The smallest absolute Gasteiger partial charge is 0.234 e. The number of hydrogen-bond donors (Lipinski definition) is 1. The minimum absolute atomic E-state index is 0.0738. The van der Waals surface area contributed by atoms with Gasteiger partial charge in [-0.25, -0.2) is 0 Å². The number of Topliss-reactive ketones (excluding diaryl/α,β-unsaturated/α-hetero) is 1. The van der Waals surface area contributed by atoms with Crippen LogP contribution in [0, 0.1) is 5.41 Å². The molecule has 1 saturated carbocycles. The molecule has 2 aliphatic heterocycles. The molecule has 1 atom stereocenters. The number of ketones is 1. The molecular formula is C26H28N2O3. The minimum atomic E-state index is -0.703. The zero-order chi connectivity index (χ0) is 21.5. The van der Waals surface area contributed by atoms with Gasteiger partial charge >= 0.3 is 0 Å². The Labute approximate surface area is 182 Å². The number of nitrogens with zero attached hydrogens (tertiary/aromatic N) is 1. The van der Waals surface area contributed by atoms with Crippen LogP contribution in [0.3, 0.4) is 0 Å². The first-order chi connectivity index (χ1) is 15.0. The van der Waals surface area contributed by atoms with Gasteiger partial charge in [0, 0.05) is 44.8 Å². The van der Waals surface area contributed by atoms with E-state index in [0.29, 0.717) is 38.9 Å². The van der Waals surface area contributed by atoms with Gasteiger partial charge in [-0.1, -0.05) is 60.7 Å². The summed E-state index contributed by atoms with van der Waals surface area (Å²) < 4.78 is 0. The standard InChI is InChI=1S/C26H28N2O3/c29-21-15-26(16-21,20-9-5-2-6-10-20)24(31)28-13-11-25(12-14-28)17-23(30)27-18-22(25)19-7-3-1-4-8-19/h1-10,22H,11-18H2,(H,27,30)/t22-/m0/s1. The average Bonchev–Trinajstić information content (AvgIpc) is 2.78. The molecule has 0 radical (unpaired) electrons. The maximum Gasteiger partial charge on any atom is 0.234 e. The number of nitrogens with one attached hydrogen (secondary N) is 1. The summed E-state index contributed by atoms with van der Waals surface area (Å²) >= 11 is 0. The van der Waals surface area contributed by atoms with Gasteiger partial charge in [0.25, 0.3) is 0 Å². The molecule has 2 heterocycles. The molecule has 160 valence electrons. The SMILES string of the molecule is O=C1CC(C(=O)N2CCC3(CC2)CC(=O)NC[C@H]3c2ccccc2)(c2ccccc2)C1. The predicted octanol–water partition coefficient (Wildman–Crippen LogP) is 3.20. The minimum Gasteiger partial charge on any atom is -0.355 e. The van der Waals surface area contributed by atoms with Gasteiger partial charge in [0.05, 0.1) is 5.41 Å². The zero-order valence-electron chi connectivity index (χ0n) is 17.7. The number of likely N-dealkylation sites (tertiary alicyclic amines) is 1. The second-order valence-corrected chi connectivity index (χ2v) is 9.44. The van der Waals surface area contributed by atoms with E-state index in [9.17, 15) is 14.4 Å². The summed E-state index contributed by atoms with van der Waals surface area (Å²) in [5, 5.41) is 3.05. The lowest BCUT2D eigenvalue weighted by Crippen LogP contribution is -2.58. The van der Waals surface area contributed by atoms with Crippen molar-refractivity contribution in [1.29, 1.82) is 0 Å². The monoisotopic (exact) mass is 416 g/mol. The molecule has 0 bridgehead atoms. The van der Waals surface area contributed by atoms with Crippen molar-refractivity contribution in [1.82, 2.24) is 10.2 Å². The Bertz CT molecular complexity index is 986. The Morgan fingerprint density at radius 3 is 2.10 bits per heavy atom. The third-order valence-electron chi connectivity index (χ3n) is 7.74. The number of carbonyl (C=O) groups is 3. The molecule has 31 heavy (non-hydrogen) atoms. The first-order valence-electron chi connectivity index (χ1n) is 11.2. The van der Waals surface area contributed by atoms with Gasteiger partial charge in [0.1, 0.15) is 5.78 Å². The van der Waals surface area contributed by atoms with E-state index in [1.807, 2.05) is 41.3 Å². The van der Waals surface area contributed by atoms with E-state index >= 15 is 0 Å². The van der Waals surface area contributed by atoms with Crippen molar-refractivity contribution in [2.24, 2.45) is 5.41 Å². The quantitative estimate of drug-likeness (QED) is 0.836. The lowest BCUT2D eigenvalue weighted by molar-refractivity contribution is -0.150. The maximum absolute atomic E-state index is 13.6. The van der Waals surface area contributed by atoms with E-state index in [0.717, 1.165) is 18.4 Å². The molecule has 2 amide bonds. The summed E-state index contributed by atoms with van der Waals surface area (Å²) in [6.45, 7) is 1.93. The van der Waals surface area contributed by atoms with Crippen LogP contribution in [0.5, 0.6) is 0 Å². The molecule has 5 rings (SSSR count). The fourth-order valence-electron chi connectivity index (χ4n) is 5.94. The van der Waals surface area contributed by atoms with Gasteiger partial charge in [0.2, 0.25) is 11.8 Å². The largest absolute Gasteiger partial charge is 0.355 e. The number of carbonyl (C=O) groups excluding carboxylic acids is 3. The Morgan fingerprint density at radius 1 is 0.871 bits per heavy atom. The highest BCUT2D eigenvalue weighted by Crippen LogP contribution is 2.50. The fraction of sp³-hybridized carbons (Fsp3) is 0.423. The van der Waals surface area contributed by atoms with Gasteiger partial charge in [-0.15, -0.1) is 0 Å². The number of piperidine rings is 2. The summed E-state index contributed by atoms with van der Waals surface area (Å²) in [5.41, 5.74) is 1.38. The first kappa shape index (κ1) is 20.0. The highest BCUT2D eigenvalue weighted by atomic mass is 16.2. The van der Waals surface area contributed by atoms with Crippen molar-refractivity contribution >= 4 is 17.6 Å². The molecule has 5 nitrogen and oxygen atoms in total. The molecule has 1 N–H and O–H groups in total. The third-order valence-corrected chi connectivity index (χ3v) is 7.74. The van der Waals surface area contributed by atoms with Crippen molar-refractivity contribution in [3.05, 3.63) is 71.8 Å². The van der Waals surface area contributed by atoms with Crippen LogP contribution in [0.1, 0.15) is 49.1 Å². The zero-order valence-corrected chi connectivity index (χ0v) is 17.7. The van der Waals surface area contributed by atoms with Crippen molar-refractivity contribution < 1.29 is 14.4 Å². The fourth-order valence-corrected chi connectivity index (χ4v) is 5.94. The van der Waals surface area contributed by atoms with Gasteiger partial charge in [-0.05, 0) is 29.4 Å². The van der Waals surface area contributed by atoms with Crippen LogP contribution in [0.25, 0.3) is 0 Å². The highest BCUT2D eigenvalue weighted by molar-refractivity contribution is 6.04. The van der Waals surface area contributed by atoms with Crippen LogP contribution < -0.4 is 5.32 Å². The van der Waals surface area contributed by atoms with Crippen LogP contribution in [0.15, 0.2) is 60.7 Å². The number of benzene rings is 2. The van der Waals surface area contributed by atoms with E-state index in [2.05, 4.69) is 29.6 Å². The van der Waals surface area contributed by atoms with Crippen molar-refractivity contribution in [2.75, 3.05) is 19.6 Å². The summed E-state index contributed by atoms with van der Waals surface area (Å²) in [6.07, 6.45) is 2.73. The van der Waals surface area contributed by atoms with Gasteiger partial charge in [-0.2, -0.15) is 0 Å². The van der Waals surface area contributed by atoms with Crippen LogP contribution in [0.2, 0.25) is 0 Å². The third kappa shape index (κ3) is 3.36. The molecule has 3 aliphatic rings. The molecule has 5 heteroatoms. The van der Waals surface area contributed by atoms with Gasteiger partial charge in [0.15, 0.2) is 0 Å². The van der Waals surface area contributed by atoms with Crippen molar-refractivity contribution in [3.63, 3.8) is 0 Å². The van der Waals surface area contributed by atoms with E-state index in [-0.39, 0.29) is 28.9 Å². The average molecular weight is 417 g/mol. The molecular weight excluding hydrogens is 388 g/mol. The molecule has 1 aliphatic carbocycles. The van der Waals surface area contributed by atoms with E-state index in [1.54, 1.807) is 0 Å². The van der Waals surface area contributed by atoms with E-state index < -0.39 is 5.41 Å². The molecule has 2 saturated heterocycles. The normalized spacial score (nSPS) is 24.4. The lowest BCUT2D eigenvalue weighted by Gasteiger charge is -2.51. The first-order valence-corrected chi connectivity index (χ1v) is 11.2. The highest BCUT2D eigenvalue weighted by Gasteiger charge is 2.54.